The first kappa shape index (κ1) is 10.9. The first-order valence-corrected chi connectivity index (χ1v) is 4.78. The Balaban J connectivity index is 2.70. The van der Waals surface area contributed by atoms with Gasteiger partial charge in [0.25, 0.3) is 5.91 Å². The second kappa shape index (κ2) is 4.93. The summed E-state index contributed by atoms with van der Waals surface area (Å²) in [5.74, 6) is -0.370. The summed E-state index contributed by atoms with van der Waals surface area (Å²) in [5, 5.41) is 11.3. The highest BCUT2D eigenvalue weighted by Gasteiger charge is 2.05. The van der Waals surface area contributed by atoms with Crippen LogP contribution < -0.4 is 5.32 Å². The van der Waals surface area contributed by atoms with Gasteiger partial charge in [0.05, 0.1) is 6.61 Å². The fraction of sp³-hybridized carbons (Fsp3) is 0.100. The normalized spacial score (nSPS) is 9.57. The maximum absolute atomic E-state index is 11.3. The molecule has 2 N–H and O–H groups in total. The first-order valence-electron chi connectivity index (χ1n) is 3.99. The third-order valence-corrected chi connectivity index (χ3v) is 2.09. The van der Waals surface area contributed by atoms with Crippen LogP contribution in [0.15, 0.2) is 40.9 Å². The van der Waals surface area contributed by atoms with Gasteiger partial charge in [-0.1, -0.05) is 28.6 Å². The van der Waals surface area contributed by atoms with Crippen molar-refractivity contribution in [2.24, 2.45) is 0 Å². The van der Waals surface area contributed by atoms with Crippen molar-refractivity contribution in [2.45, 2.75) is 0 Å². The van der Waals surface area contributed by atoms with Gasteiger partial charge in [0.2, 0.25) is 0 Å². The predicted octanol–water partition coefficient (Wildman–Crippen LogP) is 1.94. The number of hydrogen-bond donors (Lipinski definition) is 2. The van der Waals surface area contributed by atoms with Crippen molar-refractivity contribution in [2.75, 3.05) is 11.9 Å². The molecule has 4 heteroatoms. The molecule has 3 nitrogen and oxygen atoms in total. The second-order valence-electron chi connectivity index (χ2n) is 2.73. The molecule has 1 aromatic carbocycles. The van der Waals surface area contributed by atoms with Gasteiger partial charge >= 0.3 is 0 Å². The van der Waals surface area contributed by atoms with Crippen LogP contribution in [0.2, 0.25) is 0 Å². The molecule has 14 heavy (non-hydrogen) atoms. The Morgan fingerprint density at radius 2 is 2.29 bits per heavy atom. The van der Waals surface area contributed by atoms with Gasteiger partial charge in [0.15, 0.2) is 0 Å². The summed E-state index contributed by atoms with van der Waals surface area (Å²) in [4.78, 5) is 11.3. The van der Waals surface area contributed by atoms with Crippen LogP contribution in [0.5, 0.6) is 0 Å². The van der Waals surface area contributed by atoms with Crippen molar-refractivity contribution in [3.05, 3.63) is 40.9 Å². The molecule has 0 saturated heterocycles. The summed E-state index contributed by atoms with van der Waals surface area (Å²) in [7, 11) is 0. The zero-order valence-electron chi connectivity index (χ0n) is 7.46. The Hall–Kier alpha value is -1.13. The first-order chi connectivity index (χ1) is 6.63. The monoisotopic (exact) mass is 255 g/mol. The van der Waals surface area contributed by atoms with E-state index in [1.165, 1.54) is 0 Å². The molecular formula is C10H10BrNO2. The lowest BCUT2D eigenvalue weighted by molar-refractivity contribution is -0.113. The summed E-state index contributed by atoms with van der Waals surface area (Å²) in [5.41, 5.74) is 0.809. The van der Waals surface area contributed by atoms with Crippen molar-refractivity contribution in [1.29, 1.82) is 0 Å². The summed E-state index contributed by atoms with van der Waals surface area (Å²) in [6, 6.07) is 7.19. The molecule has 0 spiro atoms. The van der Waals surface area contributed by atoms with E-state index >= 15 is 0 Å². The van der Waals surface area contributed by atoms with Gasteiger partial charge in [-0.05, 0) is 18.2 Å². The predicted molar refractivity (Wildman–Crippen MR) is 59.0 cm³/mol. The molecule has 0 bridgehead atoms. The number of rotatable bonds is 3. The van der Waals surface area contributed by atoms with Crippen LogP contribution in [-0.2, 0) is 4.79 Å². The Kier molecular flexibility index (Phi) is 3.85. The maximum Gasteiger partial charge on any atom is 0.253 e. The Morgan fingerprint density at radius 1 is 1.57 bits per heavy atom. The van der Waals surface area contributed by atoms with Crippen LogP contribution in [0.3, 0.4) is 0 Å². The molecule has 0 aliphatic rings. The molecule has 1 aromatic rings. The lowest BCUT2D eigenvalue weighted by Gasteiger charge is -2.05. The number of carbonyl (C=O) groups is 1. The van der Waals surface area contributed by atoms with Gasteiger partial charge in [-0.15, -0.1) is 0 Å². The number of halogens is 1. The Labute approximate surface area is 90.6 Å². The molecule has 0 atom stereocenters. The quantitative estimate of drug-likeness (QED) is 0.812. The van der Waals surface area contributed by atoms with E-state index in [1.54, 1.807) is 18.2 Å². The molecule has 0 fully saturated rings. The average Bonchev–Trinajstić information content (AvgIpc) is 2.16. The van der Waals surface area contributed by atoms with Gasteiger partial charge in [-0.2, -0.15) is 0 Å². The molecular weight excluding hydrogens is 246 g/mol. The van der Waals surface area contributed by atoms with E-state index in [4.69, 9.17) is 5.11 Å². The molecule has 1 rings (SSSR count). The molecule has 0 aromatic heterocycles. The number of anilines is 1. The standard InChI is InChI=1S/C10H10BrNO2/c1-7(6-13)10(14)12-9-4-2-3-8(11)5-9/h2-5,13H,1,6H2,(H,12,14). The molecule has 1 amide bonds. The third kappa shape index (κ3) is 2.97. The van der Waals surface area contributed by atoms with Crippen molar-refractivity contribution in [3.8, 4) is 0 Å². The minimum atomic E-state index is -0.370. The van der Waals surface area contributed by atoms with Crippen molar-refractivity contribution >= 4 is 27.5 Å². The number of carbonyl (C=O) groups excluding carboxylic acids is 1. The minimum Gasteiger partial charge on any atom is -0.391 e. The summed E-state index contributed by atoms with van der Waals surface area (Å²) < 4.78 is 0.880. The molecule has 0 aliphatic carbocycles. The minimum absolute atomic E-state index is 0.143. The number of amides is 1. The Bertz CT molecular complexity index is 363. The van der Waals surface area contributed by atoms with Crippen LogP contribution in [0.1, 0.15) is 0 Å². The summed E-state index contributed by atoms with van der Waals surface area (Å²) in [6.45, 7) is 3.08. The van der Waals surface area contributed by atoms with Gasteiger partial charge in [-0.3, -0.25) is 4.79 Å². The van der Waals surface area contributed by atoms with Crippen molar-refractivity contribution in [1.82, 2.24) is 0 Å². The fourth-order valence-corrected chi connectivity index (χ4v) is 1.26. The summed E-state index contributed by atoms with van der Waals surface area (Å²) in [6.07, 6.45) is 0. The lowest BCUT2D eigenvalue weighted by atomic mass is 10.2. The van der Waals surface area contributed by atoms with Crippen LogP contribution in [-0.4, -0.2) is 17.6 Å². The lowest BCUT2D eigenvalue weighted by Crippen LogP contribution is -2.15. The highest BCUT2D eigenvalue weighted by molar-refractivity contribution is 9.10. The van der Waals surface area contributed by atoms with Crippen LogP contribution in [0.25, 0.3) is 0 Å². The molecule has 0 heterocycles. The van der Waals surface area contributed by atoms with E-state index in [9.17, 15) is 4.79 Å². The largest absolute Gasteiger partial charge is 0.391 e. The number of nitrogens with one attached hydrogen (secondary N) is 1. The molecule has 0 aliphatic heterocycles. The SMILES string of the molecule is C=C(CO)C(=O)Nc1cccc(Br)c1. The number of hydrogen-bond acceptors (Lipinski definition) is 2. The maximum atomic E-state index is 11.3. The van der Waals surface area contributed by atoms with Crippen LogP contribution in [0, 0.1) is 0 Å². The van der Waals surface area contributed by atoms with Crippen molar-refractivity contribution in [3.63, 3.8) is 0 Å². The third-order valence-electron chi connectivity index (χ3n) is 1.59. The van der Waals surface area contributed by atoms with Gasteiger partial charge in [0.1, 0.15) is 0 Å². The van der Waals surface area contributed by atoms with Crippen LogP contribution in [0.4, 0.5) is 5.69 Å². The number of aliphatic hydroxyl groups excluding tert-OH is 1. The van der Waals surface area contributed by atoms with E-state index in [0.717, 1.165) is 4.47 Å². The van der Waals surface area contributed by atoms with Crippen LogP contribution >= 0.6 is 15.9 Å². The Morgan fingerprint density at radius 3 is 2.86 bits per heavy atom. The van der Waals surface area contributed by atoms with E-state index in [-0.39, 0.29) is 18.1 Å². The van der Waals surface area contributed by atoms with Gasteiger partial charge < -0.3 is 10.4 Å². The second-order valence-corrected chi connectivity index (χ2v) is 3.64. The molecule has 0 unspecified atom stereocenters. The summed E-state index contributed by atoms with van der Waals surface area (Å²) >= 11 is 3.28. The van der Waals surface area contributed by atoms with Gasteiger partial charge in [0, 0.05) is 15.7 Å². The number of aliphatic hydroxyl groups is 1. The van der Waals surface area contributed by atoms with E-state index in [2.05, 4.69) is 27.8 Å². The smallest absolute Gasteiger partial charge is 0.253 e. The fourth-order valence-electron chi connectivity index (χ4n) is 0.858. The van der Waals surface area contributed by atoms with E-state index in [0.29, 0.717) is 5.69 Å². The highest BCUT2D eigenvalue weighted by Crippen LogP contribution is 2.15. The zero-order chi connectivity index (χ0) is 10.6. The van der Waals surface area contributed by atoms with E-state index < -0.39 is 0 Å². The topological polar surface area (TPSA) is 49.3 Å². The zero-order valence-corrected chi connectivity index (χ0v) is 9.04. The van der Waals surface area contributed by atoms with E-state index in [1.807, 2.05) is 6.07 Å². The highest BCUT2D eigenvalue weighted by atomic mass is 79.9. The molecule has 0 radical (unpaired) electrons. The molecule has 74 valence electrons. The number of benzene rings is 1. The van der Waals surface area contributed by atoms with Crippen molar-refractivity contribution < 1.29 is 9.90 Å². The average molecular weight is 256 g/mol. The van der Waals surface area contributed by atoms with Gasteiger partial charge in [-0.25, -0.2) is 0 Å². The molecule has 0 saturated carbocycles.